The van der Waals surface area contributed by atoms with Crippen LogP contribution in [0.25, 0.3) is 0 Å². The Labute approximate surface area is 854 Å². The third-order valence-electron chi connectivity index (χ3n) is 26.8. The maximum Gasteiger partial charge on any atom is 0.0595 e. The molecule has 0 aromatic rings. The summed E-state index contributed by atoms with van der Waals surface area (Å²) in [7, 11) is 0. The first kappa shape index (κ1) is 164. The highest BCUT2D eigenvalue weighted by molar-refractivity contribution is 5.30. The van der Waals surface area contributed by atoms with Gasteiger partial charge in [-0.05, 0) is 444 Å². The number of aliphatic imine (C=N–C) groups is 15. The molecule has 135 heavy (non-hydrogen) atoms. The minimum Gasteiger partial charge on any atom is -0.295 e. The van der Waals surface area contributed by atoms with Crippen LogP contribution in [-0.4, -0.2) is 184 Å². The van der Waals surface area contributed by atoms with Gasteiger partial charge in [0.05, 0.1) is 83.1 Å². The monoisotopic (exact) mass is 1910 g/mol. The molecule has 0 saturated carbocycles. The Hall–Kier alpha value is -4.95. The second-order valence-electron chi connectivity index (χ2n) is 50.6. The molecule has 0 N–H and O–H groups in total. The van der Waals surface area contributed by atoms with Crippen LogP contribution in [0.5, 0.6) is 0 Å². The molecule has 3 unspecified atom stereocenters. The second-order valence-corrected chi connectivity index (χ2v) is 50.6. The van der Waals surface area contributed by atoms with Crippen molar-refractivity contribution in [3.63, 3.8) is 0 Å². The molecular weight excluding hydrogens is 1650 g/mol. The maximum absolute atomic E-state index is 4.11. The van der Waals surface area contributed by atoms with E-state index >= 15 is 0 Å². The van der Waals surface area contributed by atoms with Crippen molar-refractivity contribution in [1.82, 2.24) is 0 Å². The van der Waals surface area contributed by atoms with Gasteiger partial charge in [-0.3, -0.25) is 74.9 Å². The van der Waals surface area contributed by atoms with Gasteiger partial charge >= 0.3 is 0 Å². The first-order chi connectivity index (χ1) is 60.1. The van der Waals surface area contributed by atoms with E-state index in [2.05, 4.69) is 556 Å². The van der Waals surface area contributed by atoms with Crippen LogP contribution >= 0.6 is 0 Å². The summed E-state index contributed by atoms with van der Waals surface area (Å²) in [5.41, 5.74) is 1.84. The number of unbranched alkanes of at least 4 members (excludes halogenated alkanes) is 3. The summed E-state index contributed by atoms with van der Waals surface area (Å²) < 4.78 is 0. The Morgan fingerprint density at radius 1 is 0.230 bits per heavy atom. The molecule has 0 radical (unpaired) electrons. The Morgan fingerprint density at radius 3 is 0.696 bits per heavy atom. The van der Waals surface area contributed by atoms with Crippen LogP contribution in [0, 0.1) is 57.7 Å². The van der Waals surface area contributed by atoms with Gasteiger partial charge in [0.1, 0.15) is 0 Å². The van der Waals surface area contributed by atoms with Crippen molar-refractivity contribution in [1.29, 1.82) is 0 Å². The molecule has 810 valence electrons. The fraction of sp³-hybridized carbons (Fsp3) is 0.875. The minimum absolute atomic E-state index is 0.00174. The number of rotatable bonds is 44. The molecule has 0 rings (SSSR count). The number of hydrogen-bond donors (Lipinski definition) is 0. The zero-order valence-electron chi connectivity index (χ0n) is 104. The van der Waals surface area contributed by atoms with Crippen molar-refractivity contribution in [3.8, 4) is 0 Å². The van der Waals surface area contributed by atoms with Gasteiger partial charge in [-0.1, -0.05) is 258 Å². The third kappa shape index (κ3) is 113. The number of hydrogen-bond acceptors (Lipinski definition) is 15. The lowest BCUT2D eigenvalue weighted by molar-refractivity contribution is 0.198. The smallest absolute Gasteiger partial charge is 0.0595 e. The summed E-state index contributed by atoms with van der Waals surface area (Å²) in [6, 6.07) is 0. The van der Waals surface area contributed by atoms with E-state index in [1.54, 1.807) is 0 Å². The van der Waals surface area contributed by atoms with Gasteiger partial charge in [0.15, 0.2) is 0 Å². The molecule has 0 aromatic carbocycles. The lowest BCUT2D eigenvalue weighted by atomic mass is 9.73. The quantitative estimate of drug-likeness (QED) is 0.0416. The molecule has 0 aliphatic rings. The predicted octanol–water partition coefficient (Wildman–Crippen LogP) is 38.4. The molecule has 0 aliphatic carbocycles. The Balaban J connectivity index is -0.0000000880. The minimum atomic E-state index is -0.00694. The number of nitrogens with zero attached hydrogens (tertiary/aromatic N) is 15. The van der Waals surface area contributed by atoms with Crippen LogP contribution in [0.15, 0.2) is 74.9 Å². The molecule has 15 nitrogen and oxygen atoms in total. The zero-order chi connectivity index (χ0) is 112. The van der Waals surface area contributed by atoms with E-state index in [1.807, 2.05) is 20.8 Å². The van der Waals surface area contributed by atoms with Crippen molar-refractivity contribution in [2.24, 2.45) is 133 Å². The van der Waals surface area contributed by atoms with E-state index < -0.39 is 0 Å². The second kappa shape index (κ2) is 81.6. The topological polar surface area (TPSA) is 185 Å². The normalized spacial score (nSPS) is 12.8. The van der Waals surface area contributed by atoms with Crippen LogP contribution in [0.4, 0.5) is 0 Å². The lowest BCUT2D eigenvalue weighted by Gasteiger charge is -2.37. The van der Waals surface area contributed by atoms with Crippen molar-refractivity contribution >= 4 is 101 Å². The van der Waals surface area contributed by atoms with Crippen molar-refractivity contribution < 1.29 is 0 Å². The van der Waals surface area contributed by atoms with Crippen molar-refractivity contribution in [2.45, 2.75) is 626 Å². The first-order valence-corrected chi connectivity index (χ1v) is 52.3. The van der Waals surface area contributed by atoms with Gasteiger partial charge in [-0.15, -0.1) is 0 Å². The van der Waals surface area contributed by atoms with Gasteiger partial charge in [-0.25, -0.2) is 0 Å². The van der Waals surface area contributed by atoms with E-state index in [9.17, 15) is 0 Å². The van der Waals surface area contributed by atoms with E-state index in [0.29, 0.717) is 35.0 Å². The van der Waals surface area contributed by atoms with E-state index in [0.717, 1.165) is 63.2 Å². The molecule has 0 spiro atoms. The van der Waals surface area contributed by atoms with E-state index in [1.165, 1.54) is 89.9 Å². The molecule has 0 bridgehead atoms. The fourth-order valence-electron chi connectivity index (χ4n) is 10.7. The highest BCUT2D eigenvalue weighted by Crippen LogP contribution is 2.37. The summed E-state index contributed by atoms with van der Waals surface area (Å²) >= 11 is 0. The van der Waals surface area contributed by atoms with E-state index in [-0.39, 0.29) is 93.9 Å². The molecule has 0 fully saturated rings. The van der Waals surface area contributed by atoms with Gasteiger partial charge < -0.3 is 0 Å². The SMILES string of the molecule is C=NC(C)(C)C.C=NC(C)(C)C(C)(C)C.C=NC(C)(C)C(C)(C)CC.C=NC(C)(C)C(C)C.C=NC(C)(C)C(C)CC.C=NC(C)(C)C(C)CCC.C=NC(C)(C)C(CC)CC.C=NC(C)(C)CC.C=NC(C)(C)CC(C)(C)C.C=NC(C)(C)CC(C)C.C=NC(C)(C)CC(C)CC.C=NC(C)(C)CCC.C=NC(C)(C)CCC(C)C.C=NC(C)(C)CCCC.C=NC(C)(C)CCCCC. The summed E-state index contributed by atoms with van der Waals surface area (Å²) in [6.07, 6.45) is 26.3. The lowest BCUT2D eigenvalue weighted by Crippen LogP contribution is -2.36. The molecule has 3 atom stereocenters. The highest BCUT2D eigenvalue weighted by Gasteiger charge is 2.35. The maximum atomic E-state index is 4.11. The Bertz CT molecular complexity index is 2920. The molecule has 0 saturated heterocycles. The van der Waals surface area contributed by atoms with Crippen LogP contribution in [0.3, 0.4) is 0 Å². The van der Waals surface area contributed by atoms with Gasteiger partial charge in [0.25, 0.3) is 0 Å². The highest BCUT2D eigenvalue weighted by atomic mass is 14.9. The molecule has 0 amide bonds. The first-order valence-electron chi connectivity index (χ1n) is 52.3. The van der Waals surface area contributed by atoms with E-state index in [4.69, 9.17) is 0 Å². The van der Waals surface area contributed by atoms with Crippen LogP contribution < -0.4 is 0 Å². The van der Waals surface area contributed by atoms with Crippen LogP contribution in [0.2, 0.25) is 0 Å². The largest absolute Gasteiger partial charge is 0.295 e. The molecule has 15 heteroatoms. The average molecular weight is 1910 g/mol. The Kier molecular flexibility index (Phi) is 98.9. The summed E-state index contributed by atoms with van der Waals surface area (Å²) in [4.78, 5) is 60.2. The molecule has 0 aromatic heterocycles. The average Bonchev–Trinajstić information content (AvgIpc) is 0.841. The summed E-state index contributed by atoms with van der Waals surface area (Å²) in [5.74, 6) is 4.81. The van der Waals surface area contributed by atoms with Gasteiger partial charge in [0.2, 0.25) is 0 Å². The van der Waals surface area contributed by atoms with Crippen molar-refractivity contribution in [3.05, 3.63) is 0 Å². The zero-order valence-corrected chi connectivity index (χ0v) is 104. The summed E-state index contributed by atoms with van der Waals surface area (Å²) in [6.45, 7) is 178. The molecule has 0 aliphatic heterocycles. The fourth-order valence-corrected chi connectivity index (χ4v) is 10.7. The van der Waals surface area contributed by atoms with Crippen LogP contribution in [-0.2, 0) is 0 Å². The van der Waals surface area contributed by atoms with Crippen LogP contribution in [0.1, 0.15) is 543 Å². The molecular formula is C120H255N15. The summed E-state index contributed by atoms with van der Waals surface area (Å²) in [5, 5.41) is 0. The standard InChI is InChI=1S/7C9H19N.4C8H17N.2C7H15N.C6H13N.C5H11N/c1-8(2,3)7-9(4,5)10-6;1-8(2)6-7-9(3,4)10-5;1-7-8(2,3)9(4,5)10-6;1-6-8(2)7-9(3,4)10-5;1-6-7-8(2)9(3,4)10-5;1-6-8(7-2)9(3,4)10-5;1-5-6-7-8-9(2,3)10-4;1-7(2)6-8(3,4)9-5;1-7(2,3)8(4,5)9-6;1-6-7(2)8(3,4)9-5;1-5-6-7-8(2,3)9-4;1-6(2)7(3,4)8-5;1-5-6-7(2,3)8-4;1-5-6(2,3)7-4;1-5(2,3)6-4/h6-7H2,1-5H3;8H,5-7H2,1-4H3;6-7H2,1-5H3;3*8H,5-7H2,1-4H3;4-8H2,1-3H3;7H,5-6H2,1-4H3;6H2,1-5H3;7H,5-6H2,1-4H3;4-7H2,1-3H3;6H,5H2,1-4H3;4-6H2,1-3H3;4-5H2,1-3H3;4H2,1-3H3. The predicted molar refractivity (Wildman–Crippen MR) is 647 cm³/mol. The van der Waals surface area contributed by atoms with Gasteiger partial charge in [0, 0.05) is 0 Å². The third-order valence-corrected chi connectivity index (χ3v) is 26.8. The van der Waals surface area contributed by atoms with Crippen molar-refractivity contribution in [2.75, 3.05) is 0 Å². The Morgan fingerprint density at radius 2 is 0.541 bits per heavy atom. The molecule has 0 heterocycles. The van der Waals surface area contributed by atoms with Gasteiger partial charge in [-0.2, -0.15) is 0 Å².